The summed E-state index contributed by atoms with van der Waals surface area (Å²) < 4.78 is 2.02. The Balaban J connectivity index is 1.66. The molecule has 1 N–H and O–H groups in total. The number of nitrogens with zero attached hydrogens (tertiary/aromatic N) is 3. The number of imidazole rings is 1. The van der Waals surface area contributed by atoms with Crippen LogP contribution in [0.3, 0.4) is 0 Å². The van der Waals surface area contributed by atoms with Crippen LogP contribution in [0.1, 0.15) is 23.0 Å². The minimum absolute atomic E-state index is 0.0562. The number of thiophene rings is 1. The zero-order valence-corrected chi connectivity index (χ0v) is 13.2. The highest BCUT2D eigenvalue weighted by molar-refractivity contribution is 7.21. The Labute approximate surface area is 129 Å². The van der Waals surface area contributed by atoms with E-state index in [4.69, 9.17) is 0 Å². The van der Waals surface area contributed by atoms with Crippen molar-refractivity contribution in [2.75, 3.05) is 13.1 Å². The van der Waals surface area contributed by atoms with E-state index < -0.39 is 0 Å². The van der Waals surface area contributed by atoms with E-state index in [-0.39, 0.29) is 17.9 Å². The predicted molar refractivity (Wildman–Crippen MR) is 84.1 cm³/mol. The number of amides is 1. The van der Waals surface area contributed by atoms with Crippen LogP contribution in [-0.2, 0) is 0 Å². The molecular weight excluding hydrogens is 306 g/mol. The number of piperidine rings is 1. The van der Waals surface area contributed by atoms with Gasteiger partial charge in [0.25, 0.3) is 5.91 Å². The fourth-order valence-corrected chi connectivity index (χ4v) is 4.59. The maximum absolute atomic E-state index is 12.6. The maximum Gasteiger partial charge on any atom is 0.264 e. The third kappa shape index (κ3) is 2.07. The zero-order chi connectivity index (χ0) is 14.6. The topological polar surface area (TPSA) is 57.8 Å². The van der Waals surface area contributed by atoms with E-state index >= 15 is 0 Å². The van der Waals surface area contributed by atoms with Crippen LogP contribution in [0.15, 0.2) is 17.6 Å². The smallest absolute Gasteiger partial charge is 0.264 e. The third-order valence-corrected chi connectivity index (χ3v) is 5.86. The average molecular weight is 321 g/mol. The van der Waals surface area contributed by atoms with Crippen LogP contribution in [0.2, 0.25) is 0 Å². The highest BCUT2D eigenvalue weighted by Crippen LogP contribution is 2.30. The molecule has 1 aliphatic heterocycles. The maximum atomic E-state index is 12.6. The molecule has 3 aromatic rings. The molecule has 0 aliphatic carbocycles. The summed E-state index contributed by atoms with van der Waals surface area (Å²) in [6.07, 6.45) is 2.35. The molecular formula is C14H15N3O2S2. The SMILES string of the molecule is CC1CN(C(=O)c2cc3c(nc4sccn43)s2)CCC1O. The van der Waals surface area contributed by atoms with Gasteiger partial charge in [0.2, 0.25) is 0 Å². The second kappa shape index (κ2) is 4.79. The Morgan fingerprint density at radius 2 is 2.38 bits per heavy atom. The van der Waals surface area contributed by atoms with E-state index in [1.54, 1.807) is 11.3 Å². The van der Waals surface area contributed by atoms with Gasteiger partial charge in [-0.3, -0.25) is 9.20 Å². The molecule has 1 aliphatic rings. The molecule has 7 heteroatoms. The second-order valence-corrected chi connectivity index (χ2v) is 7.46. The number of fused-ring (bicyclic) bond motifs is 3. The van der Waals surface area contributed by atoms with Crippen molar-refractivity contribution in [2.24, 2.45) is 5.92 Å². The first-order valence-corrected chi connectivity index (χ1v) is 8.65. The molecule has 0 spiro atoms. The minimum atomic E-state index is -0.290. The Bertz CT molecular complexity index is 819. The molecule has 0 saturated carbocycles. The van der Waals surface area contributed by atoms with Crippen molar-refractivity contribution in [1.82, 2.24) is 14.3 Å². The molecule has 0 aromatic carbocycles. The predicted octanol–water partition coefficient (Wildman–Crippen LogP) is 2.45. The van der Waals surface area contributed by atoms with Gasteiger partial charge in [-0.05, 0) is 18.4 Å². The van der Waals surface area contributed by atoms with E-state index in [0.29, 0.717) is 19.5 Å². The molecule has 2 unspecified atom stereocenters. The number of likely N-dealkylation sites (tertiary alicyclic amines) is 1. The molecule has 0 radical (unpaired) electrons. The summed E-state index contributed by atoms with van der Waals surface area (Å²) >= 11 is 3.05. The third-order valence-electron chi connectivity index (χ3n) is 4.10. The van der Waals surface area contributed by atoms with Crippen LogP contribution in [0.5, 0.6) is 0 Å². The first kappa shape index (κ1) is 13.2. The average Bonchev–Trinajstić information content (AvgIpc) is 3.12. The Hall–Kier alpha value is -1.44. The van der Waals surface area contributed by atoms with Gasteiger partial charge in [-0.2, -0.15) is 0 Å². The van der Waals surface area contributed by atoms with Gasteiger partial charge >= 0.3 is 0 Å². The summed E-state index contributed by atoms with van der Waals surface area (Å²) in [5.74, 6) is 0.192. The van der Waals surface area contributed by atoms with Gasteiger partial charge in [0.1, 0.15) is 4.83 Å². The van der Waals surface area contributed by atoms with E-state index in [9.17, 15) is 9.90 Å². The van der Waals surface area contributed by atoms with Crippen LogP contribution in [0.25, 0.3) is 15.3 Å². The second-order valence-electron chi connectivity index (χ2n) is 5.55. The molecule has 2 atom stereocenters. The zero-order valence-electron chi connectivity index (χ0n) is 11.5. The number of thiazole rings is 1. The van der Waals surface area contributed by atoms with E-state index in [2.05, 4.69) is 4.98 Å². The summed E-state index contributed by atoms with van der Waals surface area (Å²) in [6, 6.07) is 1.94. The number of aliphatic hydroxyl groups excluding tert-OH is 1. The summed E-state index contributed by atoms with van der Waals surface area (Å²) in [4.78, 5) is 21.6. The van der Waals surface area contributed by atoms with E-state index in [1.165, 1.54) is 11.3 Å². The summed E-state index contributed by atoms with van der Waals surface area (Å²) in [7, 11) is 0. The lowest BCUT2D eigenvalue weighted by molar-refractivity contribution is 0.0300. The lowest BCUT2D eigenvalue weighted by Crippen LogP contribution is -2.44. The van der Waals surface area contributed by atoms with Gasteiger partial charge in [-0.25, -0.2) is 4.98 Å². The van der Waals surface area contributed by atoms with Crippen LogP contribution in [0.4, 0.5) is 0 Å². The molecule has 4 rings (SSSR count). The molecule has 110 valence electrons. The van der Waals surface area contributed by atoms with Gasteiger partial charge < -0.3 is 10.0 Å². The summed E-state index contributed by atoms with van der Waals surface area (Å²) in [5, 5.41) is 11.8. The van der Waals surface area contributed by atoms with Gasteiger partial charge in [-0.15, -0.1) is 22.7 Å². The number of hydrogen-bond acceptors (Lipinski definition) is 5. The Morgan fingerprint density at radius 1 is 1.52 bits per heavy atom. The van der Waals surface area contributed by atoms with Gasteiger partial charge in [0, 0.05) is 24.7 Å². The molecule has 0 bridgehead atoms. The number of carbonyl (C=O) groups excluding carboxylic acids is 1. The van der Waals surface area contributed by atoms with Gasteiger partial charge in [0.05, 0.1) is 16.5 Å². The molecule has 1 amide bonds. The van der Waals surface area contributed by atoms with Crippen molar-refractivity contribution in [2.45, 2.75) is 19.4 Å². The van der Waals surface area contributed by atoms with Crippen LogP contribution in [-0.4, -0.2) is 44.5 Å². The van der Waals surface area contributed by atoms with Crippen molar-refractivity contribution in [3.63, 3.8) is 0 Å². The van der Waals surface area contributed by atoms with Crippen LogP contribution in [0, 0.1) is 5.92 Å². The Kier molecular flexibility index (Phi) is 3.02. The number of aliphatic hydroxyl groups is 1. The fourth-order valence-electron chi connectivity index (χ4n) is 2.83. The van der Waals surface area contributed by atoms with Crippen molar-refractivity contribution in [1.29, 1.82) is 0 Å². The fraction of sp³-hybridized carbons (Fsp3) is 0.429. The molecule has 1 fully saturated rings. The van der Waals surface area contributed by atoms with Crippen LogP contribution >= 0.6 is 22.7 Å². The first-order chi connectivity index (χ1) is 10.1. The highest BCUT2D eigenvalue weighted by Gasteiger charge is 2.29. The molecule has 5 nitrogen and oxygen atoms in total. The van der Waals surface area contributed by atoms with Crippen molar-refractivity contribution in [3.05, 3.63) is 22.5 Å². The summed E-state index contributed by atoms with van der Waals surface area (Å²) in [5.41, 5.74) is 1.00. The summed E-state index contributed by atoms with van der Waals surface area (Å²) in [6.45, 7) is 3.23. The minimum Gasteiger partial charge on any atom is -0.393 e. The van der Waals surface area contributed by atoms with E-state index in [1.807, 2.05) is 33.9 Å². The lowest BCUT2D eigenvalue weighted by Gasteiger charge is -2.34. The van der Waals surface area contributed by atoms with E-state index in [0.717, 1.165) is 20.2 Å². The number of rotatable bonds is 1. The molecule has 1 saturated heterocycles. The Morgan fingerprint density at radius 3 is 3.19 bits per heavy atom. The van der Waals surface area contributed by atoms with Crippen molar-refractivity contribution < 1.29 is 9.90 Å². The van der Waals surface area contributed by atoms with Crippen molar-refractivity contribution in [3.8, 4) is 0 Å². The molecule has 3 aromatic heterocycles. The standard InChI is InChI=1S/C14H15N3O2S2/c1-8-7-16(3-2-10(8)18)13(19)11-6-9-12(21-11)15-14-17(9)4-5-20-14/h4-6,8,10,18H,2-3,7H2,1H3. The largest absolute Gasteiger partial charge is 0.393 e. The van der Waals surface area contributed by atoms with Crippen molar-refractivity contribution >= 4 is 43.9 Å². The lowest BCUT2D eigenvalue weighted by atomic mass is 9.97. The highest BCUT2D eigenvalue weighted by atomic mass is 32.1. The van der Waals surface area contributed by atoms with Gasteiger partial charge in [0.15, 0.2) is 4.96 Å². The number of hydrogen-bond donors (Lipinski definition) is 1. The molecule has 21 heavy (non-hydrogen) atoms. The number of aromatic nitrogens is 2. The monoisotopic (exact) mass is 321 g/mol. The normalized spacial score (nSPS) is 23.2. The molecule has 4 heterocycles. The number of carbonyl (C=O) groups is 1. The first-order valence-electron chi connectivity index (χ1n) is 6.96. The van der Waals surface area contributed by atoms with Gasteiger partial charge in [-0.1, -0.05) is 6.92 Å². The van der Waals surface area contributed by atoms with Crippen LogP contribution < -0.4 is 0 Å². The quantitative estimate of drug-likeness (QED) is 0.749.